The van der Waals surface area contributed by atoms with Gasteiger partial charge >= 0.3 is 0 Å². The molecule has 0 bridgehead atoms. The van der Waals surface area contributed by atoms with Crippen LogP contribution >= 0.6 is 0 Å². The molecule has 1 aliphatic heterocycles. The van der Waals surface area contributed by atoms with Crippen LogP contribution in [0.5, 0.6) is 5.75 Å². The lowest BCUT2D eigenvalue weighted by Crippen LogP contribution is -2.22. The highest BCUT2D eigenvalue weighted by molar-refractivity contribution is 5.68. The van der Waals surface area contributed by atoms with Crippen LogP contribution in [0.3, 0.4) is 0 Å². The first-order chi connectivity index (χ1) is 9.79. The van der Waals surface area contributed by atoms with Crippen molar-refractivity contribution in [1.82, 2.24) is 9.97 Å². The lowest BCUT2D eigenvalue weighted by atomic mass is 10.2. The van der Waals surface area contributed by atoms with Gasteiger partial charge in [0, 0.05) is 6.54 Å². The Morgan fingerprint density at radius 2 is 2.20 bits per heavy atom. The van der Waals surface area contributed by atoms with E-state index in [0.29, 0.717) is 18.9 Å². The largest absolute Gasteiger partial charge is 0.491 e. The van der Waals surface area contributed by atoms with E-state index in [9.17, 15) is 4.39 Å². The second kappa shape index (κ2) is 5.30. The number of nitrogen functional groups attached to an aromatic ring is 1. The van der Waals surface area contributed by atoms with Crippen molar-refractivity contribution in [2.75, 3.05) is 23.5 Å². The van der Waals surface area contributed by atoms with Gasteiger partial charge in [-0.1, -0.05) is 12.1 Å². The third-order valence-corrected chi connectivity index (χ3v) is 3.05. The van der Waals surface area contributed by atoms with Crippen LogP contribution in [0.15, 0.2) is 30.5 Å². The summed E-state index contributed by atoms with van der Waals surface area (Å²) in [5.74, 6) is 5.85. The van der Waals surface area contributed by atoms with Crippen LogP contribution in [-0.2, 0) is 0 Å². The van der Waals surface area contributed by atoms with Crippen molar-refractivity contribution in [3.8, 4) is 5.75 Å². The Balaban J connectivity index is 2.09. The van der Waals surface area contributed by atoms with Gasteiger partial charge in [0.15, 0.2) is 11.6 Å². The minimum Gasteiger partial charge on any atom is -0.491 e. The molecule has 3 N–H and O–H groups in total. The quantitative estimate of drug-likeness (QED) is 0.643. The lowest BCUT2D eigenvalue weighted by Gasteiger charge is -2.23. The molecule has 0 aliphatic carbocycles. The van der Waals surface area contributed by atoms with Gasteiger partial charge in [0.05, 0.1) is 18.5 Å². The fraction of sp³-hybridized carbons (Fsp3) is 0.231. The molecule has 0 atom stereocenters. The molecule has 2 aromatic rings. The molecule has 7 heteroatoms. The molecule has 1 aliphatic rings. The highest BCUT2D eigenvalue weighted by atomic mass is 19.1. The normalized spacial score (nSPS) is 14.2. The first-order valence-electron chi connectivity index (χ1n) is 6.28. The summed E-state index contributed by atoms with van der Waals surface area (Å²) in [7, 11) is 0. The van der Waals surface area contributed by atoms with E-state index < -0.39 is 5.82 Å². The SMILES string of the molecule is NNc1ncc(F)c(N2CCCOc3ccccc32)n1. The highest BCUT2D eigenvalue weighted by Gasteiger charge is 2.22. The number of hydrogen-bond donors (Lipinski definition) is 2. The van der Waals surface area contributed by atoms with E-state index in [1.165, 1.54) is 0 Å². The average molecular weight is 275 g/mol. The molecular formula is C13H14FN5O. The van der Waals surface area contributed by atoms with Gasteiger partial charge in [0.2, 0.25) is 5.95 Å². The van der Waals surface area contributed by atoms with Crippen LogP contribution in [0.25, 0.3) is 0 Å². The zero-order valence-electron chi connectivity index (χ0n) is 10.7. The standard InChI is InChI=1S/C13H14FN5O/c14-9-8-16-13(18-15)17-12(9)19-6-3-7-20-11-5-2-1-4-10(11)19/h1-2,4-5,8H,3,6-7,15H2,(H,16,17,18). The Morgan fingerprint density at radius 3 is 3.05 bits per heavy atom. The number of nitrogens with one attached hydrogen (secondary N) is 1. The van der Waals surface area contributed by atoms with Crippen molar-refractivity contribution in [3.63, 3.8) is 0 Å². The van der Waals surface area contributed by atoms with Crippen LogP contribution in [-0.4, -0.2) is 23.1 Å². The van der Waals surface area contributed by atoms with Gasteiger partial charge < -0.3 is 9.64 Å². The third kappa shape index (κ3) is 2.23. The number of halogens is 1. The second-order valence-electron chi connectivity index (χ2n) is 4.33. The molecule has 0 amide bonds. The van der Waals surface area contributed by atoms with Crippen molar-refractivity contribution in [2.45, 2.75) is 6.42 Å². The predicted octanol–water partition coefficient (Wildman–Crippen LogP) is 1.82. The topological polar surface area (TPSA) is 76.3 Å². The number of benzene rings is 1. The summed E-state index contributed by atoms with van der Waals surface area (Å²) >= 11 is 0. The Morgan fingerprint density at radius 1 is 1.35 bits per heavy atom. The number of anilines is 3. The number of nitrogens with zero attached hydrogens (tertiary/aromatic N) is 3. The molecular weight excluding hydrogens is 261 g/mol. The number of aromatic nitrogens is 2. The third-order valence-electron chi connectivity index (χ3n) is 3.05. The average Bonchev–Trinajstić information content (AvgIpc) is 2.70. The van der Waals surface area contributed by atoms with Crippen molar-refractivity contribution in [3.05, 3.63) is 36.3 Å². The first-order valence-corrected chi connectivity index (χ1v) is 6.28. The zero-order valence-corrected chi connectivity index (χ0v) is 10.7. The van der Waals surface area contributed by atoms with Crippen molar-refractivity contribution in [1.29, 1.82) is 0 Å². The van der Waals surface area contributed by atoms with Crippen molar-refractivity contribution in [2.24, 2.45) is 5.84 Å². The van der Waals surface area contributed by atoms with Gasteiger partial charge in [0.1, 0.15) is 5.75 Å². The fourth-order valence-electron chi connectivity index (χ4n) is 2.16. The maximum atomic E-state index is 14.0. The molecule has 1 aromatic heterocycles. The number of fused-ring (bicyclic) bond motifs is 1. The summed E-state index contributed by atoms with van der Waals surface area (Å²) in [4.78, 5) is 9.63. The Kier molecular flexibility index (Phi) is 3.34. The van der Waals surface area contributed by atoms with Gasteiger partial charge in [0.25, 0.3) is 0 Å². The molecule has 0 spiro atoms. The van der Waals surface area contributed by atoms with E-state index in [4.69, 9.17) is 10.6 Å². The Labute approximate surface area is 115 Å². The smallest absolute Gasteiger partial charge is 0.239 e. The van der Waals surface area contributed by atoms with Crippen LogP contribution in [0.2, 0.25) is 0 Å². The zero-order chi connectivity index (χ0) is 13.9. The van der Waals surface area contributed by atoms with E-state index in [0.717, 1.165) is 18.3 Å². The molecule has 104 valence electrons. The summed E-state index contributed by atoms with van der Waals surface area (Å²) in [5, 5.41) is 0. The maximum Gasteiger partial charge on any atom is 0.239 e. The molecule has 0 saturated carbocycles. The van der Waals surface area contributed by atoms with Gasteiger partial charge in [-0.3, -0.25) is 5.43 Å². The number of para-hydroxylation sites is 2. The predicted molar refractivity (Wildman–Crippen MR) is 73.4 cm³/mol. The molecule has 0 radical (unpaired) electrons. The molecule has 1 aromatic carbocycles. The van der Waals surface area contributed by atoms with Crippen LogP contribution in [0.1, 0.15) is 6.42 Å². The number of rotatable bonds is 2. The molecule has 6 nitrogen and oxygen atoms in total. The number of nitrogens with two attached hydrogens (primary N) is 1. The van der Waals surface area contributed by atoms with E-state index in [1.54, 1.807) is 4.90 Å². The van der Waals surface area contributed by atoms with Crippen LogP contribution in [0, 0.1) is 5.82 Å². The Bertz CT molecular complexity index is 621. The van der Waals surface area contributed by atoms with E-state index in [-0.39, 0.29) is 11.8 Å². The maximum absolute atomic E-state index is 14.0. The summed E-state index contributed by atoms with van der Waals surface area (Å²) in [5.41, 5.74) is 3.11. The molecule has 0 saturated heterocycles. The number of hydrogen-bond acceptors (Lipinski definition) is 6. The fourth-order valence-corrected chi connectivity index (χ4v) is 2.16. The van der Waals surface area contributed by atoms with Crippen molar-refractivity contribution < 1.29 is 9.13 Å². The first kappa shape index (κ1) is 12.6. The van der Waals surface area contributed by atoms with Crippen molar-refractivity contribution >= 4 is 17.5 Å². The van der Waals surface area contributed by atoms with Gasteiger partial charge in [-0.25, -0.2) is 15.2 Å². The summed E-state index contributed by atoms with van der Waals surface area (Å²) in [6, 6.07) is 7.49. The van der Waals surface area contributed by atoms with E-state index in [2.05, 4.69) is 15.4 Å². The van der Waals surface area contributed by atoms with Gasteiger partial charge in [-0.2, -0.15) is 4.98 Å². The molecule has 20 heavy (non-hydrogen) atoms. The molecule has 3 rings (SSSR count). The lowest BCUT2D eigenvalue weighted by molar-refractivity contribution is 0.322. The molecule has 0 fully saturated rings. The number of ether oxygens (including phenoxy) is 1. The second-order valence-corrected chi connectivity index (χ2v) is 4.33. The molecule has 0 unspecified atom stereocenters. The van der Waals surface area contributed by atoms with Gasteiger partial charge in [-0.05, 0) is 18.6 Å². The van der Waals surface area contributed by atoms with Crippen LogP contribution < -0.4 is 20.9 Å². The van der Waals surface area contributed by atoms with E-state index in [1.807, 2.05) is 24.3 Å². The minimum atomic E-state index is -0.499. The Hall–Kier alpha value is -2.41. The van der Waals surface area contributed by atoms with Crippen LogP contribution in [0.4, 0.5) is 21.8 Å². The minimum absolute atomic E-state index is 0.170. The summed E-state index contributed by atoms with van der Waals surface area (Å²) in [6.07, 6.45) is 1.87. The summed E-state index contributed by atoms with van der Waals surface area (Å²) < 4.78 is 19.7. The summed E-state index contributed by atoms with van der Waals surface area (Å²) in [6.45, 7) is 1.19. The van der Waals surface area contributed by atoms with Gasteiger partial charge in [-0.15, -0.1) is 0 Å². The van der Waals surface area contributed by atoms with E-state index >= 15 is 0 Å². The highest BCUT2D eigenvalue weighted by Crippen LogP contribution is 2.35. The number of hydrazine groups is 1. The molecule has 2 heterocycles. The monoisotopic (exact) mass is 275 g/mol.